The molecule has 2 N–H and O–H groups in total. The van der Waals surface area contributed by atoms with E-state index < -0.39 is 0 Å². The van der Waals surface area contributed by atoms with Gasteiger partial charge in [0.05, 0.1) is 6.10 Å². The van der Waals surface area contributed by atoms with Crippen molar-refractivity contribution in [1.29, 1.82) is 0 Å². The number of carbonyl (C=O) groups excluding carboxylic acids is 1. The topological polar surface area (TPSA) is 55.6 Å². The maximum atomic E-state index is 11.8. The van der Waals surface area contributed by atoms with Crippen LogP contribution in [0.15, 0.2) is 0 Å². The van der Waals surface area contributed by atoms with Crippen molar-refractivity contribution in [3.63, 3.8) is 0 Å². The summed E-state index contributed by atoms with van der Waals surface area (Å²) in [6, 6.07) is 0. The van der Waals surface area contributed by atoms with Crippen molar-refractivity contribution >= 4 is 5.91 Å². The maximum absolute atomic E-state index is 11.8. The van der Waals surface area contributed by atoms with E-state index in [1.807, 2.05) is 14.0 Å². The number of carbonyl (C=O) groups is 1. The molecule has 4 nitrogen and oxygen atoms in total. The van der Waals surface area contributed by atoms with Crippen LogP contribution in [0.25, 0.3) is 0 Å². The molecule has 0 aromatic rings. The minimum atomic E-state index is 0.0291. The van der Waals surface area contributed by atoms with Crippen LogP contribution in [0.3, 0.4) is 0 Å². The lowest BCUT2D eigenvalue weighted by atomic mass is 10.1. The second-order valence-corrected chi connectivity index (χ2v) is 4.33. The Morgan fingerprint density at radius 3 is 2.93 bits per heavy atom. The van der Waals surface area contributed by atoms with Crippen LogP contribution in [0.1, 0.15) is 26.2 Å². The Kier molecular flexibility index (Phi) is 5.05. The van der Waals surface area contributed by atoms with Gasteiger partial charge in [-0.15, -0.1) is 0 Å². The van der Waals surface area contributed by atoms with Gasteiger partial charge in [0.15, 0.2) is 0 Å². The molecule has 1 amide bonds. The van der Waals surface area contributed by atoms with E-state index in [0.29, 0.717) is 13.1 Å². The minimum Gasteiger partial charge on any atom is -0.376 e. The summed E-state index contributed by atoms with van der Waals surface area (Å²) in [5.41, 5.74) is 5.44. The van der Waals surface area contributed by atoms with Crippen molar-refractivity contribution in [2.45, 2.75) is 32.3 Å². The summed E-state index contributed by atoms with van der Waals surface area (Å²) >= 11 is 0. The molecule has 0 aromatic carbocycles. The van der Waals surface area contributed by atoms with Gasteiger partial charge in [-0.2, -0.15) is 0 Å². The Balaban J connectivity index is 2.31. The second kappa shape index (κ2) is 6.08. The molecule has 2 atom stereocenters. The number of hydrogen-bond acceptors (Lipinski definition) is 3. The fourth-order valence-electron chi connectivity index (χ4n) is 1.93. The lowest BCUT2D eigenvalue weighted by Gasteiger charge is -2.23. The molecule has 88 valence electrons. The van der Waals surface area contributed by atoms with E-state index in [0.717, 1.165) is 25.9 Å². The van der Waals surface area contributed by atoms with E-state index in [1.54, 1.807) is 4.90 Å². The molecule has 0 bridgehead atoms. The molecule has 0 saturated carbocycles. The lowest BCUT2D eigenvalue weighted by Crippen LogP contribution is -2.37. The number of nitrogens with two attached hydrogens (primary N) is 1. The van der Waals surface area contributed by atoms with E-state index in [-0.39, 0.29) is 17.9 Å². The zero-order valence-electron chi connectivity index (χ0n) is 9.74. The molecule has 1 fully saturated rings. The van der Waals surface area contributed by atoms with Gasteiger partial charge in [0.1, 0.15) is 0 Å². The lowest BCUT2D eigenvalue weighted by molar-refractivity contribution is -0.135. The van der Waals surface area contributed by atoms with E-state index in [4.69, 9.17) is 10.5 Å². The number of likely N-dealkylation sites (N-methyl/N-ethyl adjacent to an activating group) is 1. The Labute approximate surface area is 91.8 Å². The summed E-state index contributed by atoms with van der Waals surface area (Å²) in [5, 5.41) is 0. The molecule has 1 heterocycles. The van der Waals surface area contributed by atoms with Crippen LogP contribution in [0.5, 0.6) is 0 Å². The molecule has 0 aliphatic carbocycles. The van der Waals surface area contributed by atoms with Crippen molar-refractivity contribution in [3.8, 4) is 0 Å². The molecular weight excluding hydrogens is 192 g/mol. The normalized spacial score (nSPS) is 22.7. The van der Waals surface area contributed by atoms with Crippen molar-refractivity contribution in [2.75, 3.05) is 26.7 Å². The van der Waals surface area contributed by atoms with E-state index in [1.165, 1.54) is 0 Å². The third-order valence-electron chi connectivity index (χ3n) is 2.90. The third-order valence-corrected chi connectivity index (χ3v) is 2.90. The highest BCUT2D eigenvalue weighted by Crippen LogP contribution is 2.14. The van der Waals surface area contributed by atoms with Gasteiger partial charge in [-0.05, 0) is 25.8 Å². The molecule has 4 heteroatoms. The Hall–Kier alpha value is -0.610. The Morgan fingerprint density at radius 2 is 2.40 bits per heavy atom. The van der Waals surface area contributed by atoms with E-state index in [9.17, 15) is 4.79 Å². The summed E-state index contributed by atoms with van der Waals surface area (Å²) in [4.78, 5) is 13.6. The van der Waals surface area contributed by atoms with Gasteiger partial charge in [-0.3, -0.25) is 4.79 Å². The number of nitrogens with zero attached hydrogens (tertiary/aromatic N) is 1. The third kappa shape index (κ3) is 3.80. The zero-order chi connectivity index (χ0) is 11.3. The first-order valence-electron chi connectivity index (χ1n) is 5.71. The number of amides is 1. The standard InChI is InChI=1S/C11H22N2O2/c1-9(5-6-12)11(14)13(2)8-10-4-3-7-15-10/h9-10H,3-8,12H2,1-2H3. The number of ether oxygens (including phenoxy) is 1. The fraction of sp³-hybridized carbons (Fsp3) is 0.909. The van der Waals surface area contributed by atoms with Crippen molar-refractivity contribution in [3.05, 3.63) is 0 Å². The average Bonchev–Trinajstić information content (AvgIpc) is 2.69. The molecule has 0 aromatic heterocycles. The Bertz CT molecular complexity index is 203. The van der Waals surface area contributed by atoms with Crippen LogP contribution in [0.4, 0.5) is 0 Å². The first-order chi connectivity index (χ1) is 7.15. The molecule has 1 aliphatic heterocycles. The summed E-state index contributed by atoms with van der Waals surface area (Å²) in [6.45, 7) is 4.06. The number of rotatable bonds is 5. The summed E-state index contributed by atoms with van der Waals surface area (Å²) in [7, 11) is 1.84. The van der Waals surface area contributed by atoms with Crippen LogP contribution in [-0.2, 0) is 9.53 Å². The largest absolute Gasteiger partial charge is 0.376 e. The monoisotopic (exact) mass is 214 g/mol. The molecule has 2 unspecified atom stereocenters. The fourth-order valence-corrected chi connectivity index (χ4v) is 1.93. The quantitative estimate of drug-likeness (QED) is 0.729. The van der Waals surface area contributed by atoms with Gasteiger partial charge in [-0.1, -0.05) is 6.92 Å². The smallest absolute Gasteiger partial charge is 0.225 e. The van der Waals surface area contributed by atoms with Crippen molar-refractivity contribution in [1.82, 2.24) is 4.90 Å². The molecule has 0 radical (unpaired) electrons. The maximum Gasteiger partial charge on any atom is 0.225 e. The predicted molar refractivity (Wildman–Crippen MR) is 59.4 cm³/mol. The van der Waals surface area contributed by atoms with E-state index >= 15 is 0 Å². The second-order valence-electron chi connectivity index (χ2n) is 4.33. The first kappa shape index (κ1) is 12.5. The highest BCUT2D eigenvalue weighted by atomic mass is 16.5. The van der Waals surface area contributed by atoms with Crippen LogP contribution in [0.2, 0.25) is 0 Å². The minimum absolute atomic E-state index is 0.0291. The summed E-state index contributed by atoms with van der Waals surface area (Å²) in [6.07, 6.45) is 3.19. The van der Waals surface area contributed by atoms with Crippen LogP contribution in [0, 0.1) is 5.92 Å². The van der Waals surface area contributed by atoms with Gasteiger partial charge >= 0.3 is 0 Å². The Morgan fingerprint density at radius 1 is 1.67 bits per heavy atom. The van der Waals surface area contributed by atoms with Gasteiger partial charge < -0.3 is 15.4 Å². The highest BCUT2D eigenvalue weighted by molar-refractivity contribution is 5.78. The van der Waals surface area contributed by atoms with Gasteiger partial charge in [0, 0.05) is 26.1 Å². The molecule has 1 saturated heterocycles. The SMILES string of the molecule is CC(CCN)C(=O)N(C)CC1CCCO1. The van der Waals surface area contributed by atoms with Crippen molar-refractivity contribution in [2.24, 2.45) is 11.7 Å². The van der Waals surface area contributed by atoms with Gasteiger partial charge in [0.2, 0.25) is 5.91 Å². The number of hydrogen-bond donors (Lipinski definition) is 1. The van der Waals surface area contributed by atoms with Gasteiger partial charge in [0.25, 0.3) is 0 Å². The highest BCUT2D eigenvalue weighted by Gasteiger charge is 2.22. The van der Waals surface area contributed by atoms with Gasteiger partial charge in [-0.25, -0.2) is 0 Å². The van der Waals surface area contributed by atoms with Crippen molar-refractivity contribution < 1.29 is 9.53 Å². The average molecular weight is 214 g/mol. The first-order valence-corrected chi connectivity index (χ1v) is 5.71. The predicted octanol–water partition coefficient (Wildman–Crippen LogP) is 0.609. The molecule has 0 spiro atoms. The summed E-state index contributed by atoms with van der Waals surface area (Å²) < 4.78 is 5.49. The van der Waals surface area contributed by atoms with Crippen LogP contribution < -0.4 is 5.73 Å². The zero-order valence-corrected chi connectivity index (χ0v) is 9.74. The molecule has 1 rings (SSSR count). The molecule has 1 aliphatic rings. The van der Waals surface area contributed by atoms with E-state index in [2.05, 4.69) is 0 Å². The summed E-state index contributed by atoms with van der Waals surface area (Å²) in [5.74, 6) is 0.206. The van der Waals surface area contributed by atoms with Crippen LogP contribution in [-0.4, -0.2) is 43.7 Å². The van der Waals surface area contributed by atoms with Crippen LogP contribution >= 0.6 is 0 Å². The molecular formula is C11H22N2O2. The molecule has 15 heavy (non-hydrogen) atoms.